The third kappa shape index (κ3) is 3.46. The molecule has 16 heavy (non-hydrogen) atoms. The molecule has 0 bridgehead atoms. The summed E-state index contributed by atoms with van der Waals surface area (Å²) in [6, 6.07) is 4.78. The molecule has 1 fully saturated rings. The lowest BCUT2D eigenvalue weighted by molar-refractivity contribution is 0.436. The van der Waals surface area contributed by atoms with Gasteiger partial charge in [0.05, 0.1) is 0 Å². The maximum atomic E-state index is 4.13. The molecule has 86 valence electrons. The lowest BCUT2D eigenvalue weighted by atomic mass is 10.1. The van der Waals surface area contributed by atoms with Gasteiger partial charge in [0.25, 0.3) is 0 Å². The minimum atomic E-state index is 0.665. The van der Waals surface area contributed by atoms with Gasteiger partial charge >= 0.3 is 0 Å². The molecule has 0 saturated heterocycles. The van der Waals surface area contributed by atoms with Gasteiger partial charge in [-0.3, -0.25) is 4.98 Å². The molecule has 0 spiro atoms. The normalized spacial score (nSPS) is 17.0. The zero-order chi connectivity index (χ0) is 11.2. The third-order valence-corrected chi connectivity index (χ3v) is 3.16. The van der Waals surface area contributed by atoms with Crippen LogP contribution in [0.25, 0.3) is 0 Å². The minimum absolute atomic E-state index is 0.665. The van der Waals surface area contributed by atoms with Crippen molar-refractivity contribution in [2.75, 3.05) is 0 Å². The highest BCUT2D eigenvalue weighted by Crippen LogP contribution is 2.34. The fraction of sp³-hybridized carbons (Fsp3) is 0.500. The summed E-state index contributed by atoms with van der Waals surface area (Å²) >= 11 is 0. The van der Waals surface area contributed by atoms with Crippen LogP contribution >= 0.6 is 0 Å². The first kappa shape index (κ1) is 11.3. The van der Waals surface area contributed by atoms with E-state index in [1.807, 2.05) is 24.5 Å². The van der Waals surface area contributed by atoms with Gasteiger partial charge in [-0.1, -0.05) is 12.1 Å². The van der Waals surface area contributed by atoms with Gasteiger partial charge in [-0.25, -0.2) is 0 Å². The van der Waals surface area contributed by atoms with Crippen LogP contribution in [0.3, 0.4) is 0 Å². The number of aromatic nitrogens is 1. The molecule has 1 aliphatic carbocycles. The Labute approximate surface area is 97.8 Å². The van der Waals surface area contributed by atoms with E-state index in [4.69, 9.17) is 0 Å². The van der Waals surface area contributed by atoms with Crippen LogP contribution in [0.4, 0.5) is 0 Å². The number of hydrogen-bond donors (Lipinski definition) is 1. The van der Waals surface area contributed by atoms with Gasteiger partial charge in [0.2, 0.25) is 0 Å². The van der Waals surface area contributed by atoms with E-state index in [-0.39, 0.29) is 0 Å². The van der Waals surface area contributed by atoms with E-state index in [0.717, 1.165) is 18.9 Å². The molecule has 1 unspecified atom stereocenters. The monoisotopic (exact) mass is 216 g/mol. The van der Waals surface area contributed by atoms with E-state index >= 15 is 0 Å². The fourth-order valence-electron chi connectivity index (χ4n) is 2.05. The second-order valence-electron chi connectivity index (χ2n) is 4.55. The molecule has 1 aromatic heterocycles. The highest BCUT2D eigenvalue weighted by Gasteiger charge is 2.29. The molecule has 1 saturated carbocycles. The first-order valence-electron chi connectivity index (χ1n) is 6.13. The van der Waals surface area contributed by atoms with Crippen molar-refractivity contribution in [2.24, 2.45) is 5.92 Å². The zero-order valence-corrected chi connectivity index (χ0v) is 9.73. The number of nitrogens with one attached hydrogen (secondary N) is 1. The van der Waals surface area contributed by atoms with Crippen molar-refractivity contribution < 1.29 is 0 Å². The molecule has 2 heteroatoms. The highest BCUT2D eigenvalue weighted by atomic mass is 14.9. The van der Waals surface area contributed by atoms with Gasteiger partial charge < -0.3 is 5.32 Å². The Morgan fingerprint density at radius 2 is 2.44 bits per heavy atom. The summed E-state index contributed by atoms with van der Waals surface area (Å²) in [4.78, 5) is 4.13. The van der Waals surface area contributed by atoms with Gasteiger partial charge in [0.1, 0.15) is 0 Å². The molecule has 0 aromatic carbocycles. The standard InChI is InChI=1S/C14H20N2/c1-2-3-6-14(13-7-8-13)16-11-12-5-4-9-15-10-12/h2,4-5,9-10,13-14,16H,1,3,6-8,11H2. The summed E-state index contributed by atoms with van der Waals surface area (Å²) in [6.07, 6.45) is 10.9. The summed E-state index contributed by atoms with van der Waals surface area (Å²) < 4.78 is 0. The Balaban J connectivity index is 1.79. The highest BCUT2D eigenvalue weighted by molar-refractivity contribution is 5.08. The number of nitrogens with zero attached hydrogens (tertiary/aromatic N) is 1. The molecule has 0 amide bonds. The van der Waals surface area contributed by atoms with Crippen LogP contribution in [-0.2, 0) is 6.54 Å². The van der Waals surface area contributed by atoms with Crippen LogP contribution in [0.2, 0.25) is 0 Å². The molecule has 2 nitrogen and oxygen atoms in total. The minimum Gasteiger partial charge on any atom is -0.310 e. The summed E-state index contributed by atoms with van der Waals surface area (Å²) in [5.41, 5.74) is 1.27. The van der Waals surface area contributed by atoms with Crippen molar-refractivity contribution in [3.63, 3.8) is 0 Å². The largest absolute Gasteiger partial charge is 0.310 e. The molecule has 1 N–H and O–H groups in total. The zero-order valence-electron chi connectivity index (χ0n) is 9.73. The Morgan fingerprint density at radius 1 is 1.56 bits per heavy atom. The topological polar surface area (TPSA) is 24.9 Å². The van der Waals surface area contributed by atoms with Crippen molar-refractivity contribution in [3.05, 3.63) is 42.7 Å². The average Bonchev–Trinajstić information content (AvgIpc) is 3.15. The number of hydrogen-bond acceptors (Lipinski definition) is 2. The van der Waals surface area contributed by atoms with E-state index < -0.39 is 0 Å². The van der Waals surface area contributed by atoms with Gasteiger partial charge in [-0.05, 0) is 43.2 Å². The van der Waals surface area contributed by atoms with Crippen molar-refractivity contribution in [3.8, 4) is 0 Å². The molecule has 1 heterocycles. The average molecular weight is 216 g/mol. The van der Waals surface area contributed by atoms with Crippen LogP contribution in [0.1, 0.15) is 31.2 Å². The number of pyridine rings is 1. The first-order chi connectivity index (χ1) is 7.90. The summed E-state index contributed by atoms with van der Waals surface area (Å²) in [6.45, 7) is 4.73. The van der Waals surface area contributed by atoms with Crippen molar-refractivity contribution in [2.45, 2.75) is 38.3 Å². The van der Waals surface area contributed by atoms with Gasteiger partial charge in [0.15, 0.2) is 0 Å². The van der Waals surface area contributed by atoms with Crippen molar-refractivity contribution >= 4 is 0 Å². The van der Waals surface area contributed by atoms with Crippen molar-refractivity contribution in [1.29, 1.82) is 0 Å². The van der Waals surface area contributed by atoms with E-state index in [2.05, 4.69) is 22.9 Å². The van der Waals surface area contributed by atoms with Crippen LogP contribution in [0.15, 0.2) is 37.2 Å². The smallest absolute Gasteiger partial charge is 0.0312 e. The molecular formula is C14H20N2. The second-order valence-corrected chi connectivity index (χ2v) is 4.55. The van der Waals surface area contributed by atoms with Crippen LogP contribution < -0.4 is 5.32 Å². The Bertz CT molecular complexity index is 317. The van der Waals surface area contributed by atoms with E-state index in [1.165, 1.54) is 24.8 Å². The summed E-state index contributed by atoms with van der Waals surface area (Å²) in [5, 5.41) is 3.64. The predicted octanol–water partition coefficient (Wildman–Crippen LogP) is 2.92. The number of rotatable bonds is 7. The lowest BCUT2D eigenvalue weighted by Gasteiger charge is -2.17. The second kappa shape index (κ2) is 5.80. The Kier molecular flexibility index (Phi) is 4.11. The molecular weight excluding hydrogens is 196 g/mol. The third-order valence-electron chi connectivity index (χ3n) is 3.16. The van der Waals surface area contributed by atoms with E-state index in [9.17, 15) is 0 Å². The maximum absolute atomic E-state index is 4.13. The first-order valence-corrected chi connectivity index (χ1v) is 6.13. The molecule has 1 aliphatic rings. The van der Waals surface area contributed by atoms with Crippen LogP contribution in [0.5, 0.6) is 0 Å². The predicted molar refractivity (Wildman–Crippen MR) is 67.0 cm³/mol. The summed E-state index contributed by atoms with van der Waals surface area (Å²) in [7, 11) is 0. The van der Waals surface area contributed by atoms with Gasteiger partial charge in [0, 0.05) is 25.0 Å². The van der Waals surface area contributed by atoms with Gasteiger partial charge in [-0.15, -0.1) is 6.58 Å². The Hall–Kier alpha value is -1.15. The molecule has 1 atom stereocenters. The lowest BCUT2D eigenvalue weighted by Crippen LogP contribution is -2.30. The van der Waals surface area contributed by atoms with Crippen LogP contribution in [0, 0.1) is 5.92 Å². The van der Waals surface area contributed by atoms with Crippen molar-refractivity contribution in [1.82, 2.24) is 10.3 Å². The quantitative estimate of drug-likeness (QED) is 0.709. The molecule has 1 aromatic rings. The van der Waals surface area contributed by atoms with E-state index in [0.29, 0.717) is 6.04 Å². The summed E-state index contributed by atoms with van der Waals surface area (Å²) in [5.74, 6) is 0.900. The SMILES string of the molecule is C=CCCC(NCc1cccnc1)C1CC1. The molecule has 2 rings (SSSR count). The van der Waals surface area contributed by atoms with E-state index in [1.54, 1.807) is 0 Å². The fourth-order valence-corrected chi connectivity index (χ4v) is 2.05. The maximum Gasteiger partial charge on any atom is 0.0312 e. The molecule has 0 radical (unpaired) electrons. The number of allylic oxidation sites excluding steroid dienone is 1. The molecule has 0 aliphatic heterocycles. The van der Waals surface area contributed by atoms with Gasteiger partial charge in [-0.2, -0.15) is 0 Å². The Morgan fingerprint density at radius 3 is 3.06 bits per heavy atom. The van der Waals surface area contributed by atoms with Crippen LogP contribution in [-0.4, -0.2) is 11.0 Å².